The van der Waals surface area contributed by atoms with E-state index in [1.807, 2.05) is 0 Å². The number of hydrogen-bond acceptors (Lipinski definition) is 4. The molecule has 4 nitrogen and oxygen atoms in total. The van der Waals surface area contributed by atoms with Gasteiger partial charge in [-0.15, -0.1) is 0 Å². The van der Waals surface area contributed by atoms with Crippen molar-refractivity contribution in [1.82, 2.24) is 0 Å². The number of fused-ring (bicyclic) bond motifs is 1. The minimum absolute atomic E-state index is 0. The minimum atomic E-state index is -1.52. The maximum absolute atomic E-state index is 9.03. The standard InChI is InChI=1S/C9H9BO4.2H2/c1-13-8-4-2-3-6-7(10(11)12)5-14-9(6)8;;/h2-5,11-12H,1H3;2*1H. The summed E-state index contributed by atoms with van der Waals surface area (Å²) in [6, 6.07) is 5.26. The van der Waals surface area contributed by atoms with Crippen molar-refractivity contribution in [1.29, 1.82) is 0 Å². The average Bonchev–Trinajstić information content (AvgIpc) is 2.60. The van der Waals surface area contributed by atoms with Crippen LogP contribution in [0.4, 0.5) is 0 Å². The van der Waals surface area contributed by atoms with E-state index >= 15 is 0 Å². The highest BCUT2D eigenvalue weighted by atomic mass is 16.5. The van der Waals surface area contributed by atoms with Crippen LogP contribution in [0.2, 0.25) is 0 Å². The number of rotatable bonds is 2. The molecule has 0 saturated heterocycles. The summed E-state index contributed by atoms with van der Waals surface area (Å²) < 4.78 is 10.3. The van der Waals surface area contributed by atoms with Gasteiger partial charge in [0, 0.05) is 13.7 Å². The van der Waals surface area contributed by atoms with Crippen molar-refractivity contribution < 1.29 is 22.1 Å². The molecule has 14 heavy (non-hydrogen) atoms. The third-order valence-corrected chi connectivity index (χ3v) is 2.09. The second-order valence-electron chi connectivity index (χ2n) is 2.90. The number of methoxy groups -OCH3 is 1. The van der Waals surface area contributed by atoms with E-state index in [1.165, 1.54) is 13.4 Å². The Balaban J connectivity index is 0.00000112. The first kappa shape index (κ1) is 9.11. The molecule has 1 aromatic carbocycles. The van der Waals surface area contributed by atoms with Gasteiger partial charge >= 0.3 is 7.12 Å². The first-order chi connectivity index (χ1) is 6.74. The summed E-state index contributed by atoms with van der Waals surface area (Å²) in [5, 5.41) is 18.7. The van der Waals surface area contributed by atoms with Crippen LogP contribution in [0.3, 0.4) is 0 Å². The summed E-state index contributed by atoms with van der Waals surface area (Å²) in [6.45, 7) is 0. The lowest BCUT2D eigenvalue weighted by Gasteiger charge is -1.99. The van der Waals surface area contributed by atoms with Crippen molar-refractivity contribution in [2.45, 2.75) is 0 Å². The summed E-state index contributed by atoms with van der Waals surface area (Å²) in [7, 11) is 0.00940. The zero-order valence-corrected chi connectivity index (χ0v) is 7.60. The van der Waals surface area contributed by atoms with Crippen LogP contribution < -0.4 is 10.2 Å². The van der Waals surface area contributed by atoms with Gasteiger partial charge in [0.05, 0.1) is 13.4 Å². The smallest absolute Gasteiger partial charge is 0.492 e. The van der Waals surface area contributed by atoms with Crippen LogP contribution in [-0.4, -0.2) is 24.3 Å². The van der Waals surface area contributed by atoms with Gasteiger partial charge in [0.2, 0.25) is 0 Å². The fourth-order valence-electron chi connectivity index (χ4n) is 1.41. The molecule has 0 aliphatic rings. The molecule has 5 heteroatoms. The minimum Gasteiger partial charge on any atom is -0.493 e. The highest BCUT2D eigenvalue weighted by Crippen LogP contribution is 2.24. The van der Waals surface area contributed by atoms with Crippen LogP contribution in [0, 0.1) is 0 Å². The Labute approximate surface area is 83.8 Å². The van der Waals surface area contributed by atoms with Gasteiger partial charge < -0.3 is 19.2 Å². The summed E-state index contributed by atoms with van der Waals surface area (Å²) in [4.78, 5) is 0. The molecule has 76 valence electrons. The van der Waals surface area contributed by atoms with E-state index in [2.05, 4.69) is 0 Å². The molecular weight excluding hydrogens is 183 g/mol. The zero-order valence-electron chi connectivity index (χ0n) is 7.60. The van der Waals surface area contributed by atoms with Crippen LogP contribution in [0.25, 0.3) is 11.0 Å². The molecule has 0 saturated carbocycles. The molecule has 0 radical (unpaired) electrons. The Morgan fingerprint density at radius 2 is 2.21 bits per heavy atom. The fraction of sp³-hybridized carbons (Fsp3) is 0.111. The van der Waals surface area contributed by atoms with E-state index in [4.69, 9.17) is 19.2 Å². The molecule has 0 aliphatic carbocycles. The first-order valence-corrected chi connectivity index (χ1v) is 4.14. The van der Waals surface area contributed by atoms with Crippen LogP contribution in [0.1, 0.15) is 2.85 Å². The van der Waals surface area contributed by atoms with E-state index in [9.17, 15) is 0 Å². The van der Waals surface area contributed by atoms with Crippen molar-refractivity contribution in [2.24, 2.45) is 0 Å². The predicted octanol–water partition coefficient (Wildman–Crippen LogP) is 0.613. The number of benzene rings is 1. The zero-order chi connectivity index (χ0) is 10.1. The lowest BCUT2D eigenvalue weighted by molar-refractivity contribution is 0.410. The maximum Gasteiger partial charge on any atom is 0.492 e. The number of ether oxygens (including phenoxy) is 1. The third-order valence-electron chi connectivity index (χ3n) is 2.09. The van der Waals surface area contributed by atoms with Crippen molar-refractivity contribution in [2.75, 3.05) is 7.11 Å². The van der Waals surface area contributed by atoms with Crippen molar-refractivity contribution in [3.8, 4) is 5.75 Å². The quantitative estimate of drug-likeness (QED) is 0.690. The first-order valence-electron chi connectivity index (χ1n) is 4.14. The summed E-state index contributed by atoms with van der Waals surface area (Å²) in [5.74, 6) is 0.578. The van der Waals surface area contributed by atoms with Gasteiger partial charge in [-0.1, -0.05) is 12.1 Å². The van der Waals surface area contributed by atoms with E-state index in [0.717, 1.165) is 0 Å². The Kier molecular flexibility index (Phi) is 2.19. The van der Waals surface area contributed by atoms with Crippen molar-refractivity contribution in [3.05, 3.63) is 24.5 Å². The summed E-state index contributed by atoms with van der Waals surface area (Å²) >= 11 is 0. The molecule has 0 aliphatic heterocycles. The van der Waals surface area contributed by atoms with Crippen molar-refractivity contribution >= 4 is 23.6 Å². The third kappa shape index (κ3) is 1.27. The second kappa shape index (κ2) is 3.36. The Morgan fingerprint density at radius 1 is 1.43 bits per heavy atom. The molecule has 0 amide bonds. The number of hydrogen-bond donors (Lipinski definition) is 2. The topological polar surface area (TPSA) is 62.8 Å². The highest BCUT2D eigenvalue weighted by molar-refractivity contribution is 6.61. The molecule has 0 spiro atoms. The monoisotopic (exact) mass is 196 g/mol. The van der Waals surface area contributed by atoms with Crippen LogP contribution in [0.15, 0.2) is 28.9 Å². The van der Waals surface area contributed by atoms with E-state index in [1.54, 1.807) is 18.2 Å². The van der Waals surface area contributed by atoms with Gasteiger partial charge in [0.25, 0.3) is 0 Å². The van der Waals surface area contributed by atoms with E-state index in [-0.39, 0.29) is 2.85 Å². The normalized spacial score (nSPS) is 10.5. The average molecular weight is 196 g/mol. The van der Waals surface area contributed by atoms with E-state index in [0.29, 0.717) is 22.2 Å². The molecule has 2 aromatic rings. The summed E-state index contributed by atoms with van der Waals surface area (Å²) in [5.41, 5.74) is 0.872. The molecule has 2 N–H and O–H groups in total. The largest absolute Gasteiger partial charge is 0.493 e. The van der Waals surface area contributed by atoms with Crippen LogP contribution >= 0.6 is 0 Å². The lowest BCUT2D eigenvalue weighted by atomic mass is 9.80. The Bertz CT molecular complexity index is 458. The van der Waals surface area contributed by atoms with Crippen LogP contribution in [0.5, 0.6) is 5.75 Å². The van der Waals surface area contributed by atoms with Gasteiger partial charge in [-0.25, -0.2) is 0 Å². The maximum atomic E-state index is 9.03. The van der Waals surface area contributed by atoms with Crippen LogP contribution in [-0.2, 0) is 0 Å². The SMILES string of the molecule is COc1cccc2c(B(O)O)coc12.[HH].[HH]. The molecule has 1 aromatic heterocycles. The van der Waals surface area contributed by atoms with Gasteiger partial charge in [-0.2, -0.15) is 0 Å². The highest BCUT2D eigenvalue weighted by Gasteiger charge is 2.19. The summed E-state index contributed by atoms with van der Waals surface area (Å²) in [6.07, 6.45) is 1.32. The molecule has 0 unspecified atom stereocenters. The Hall–Kier alpha value is -1.46. The van der Waals surface area contributed by atoms with Gasteiger partial charge in [-0.3, -0.25) is 0 Å². The molecule has 1 heterocycles. The molecule has 0 bridgehead atoms. The van der Waals surface area contributed by atoms with Gasteiger partial charge in [-0.05, 0) is 6.07 Å². The molecule has 2 rings (SSSR count). The lowest BCUT2D eigenvalue weighted by Crippen LogP contribution is -2.28. The van der Waals surface area contributed by atoms with Gasteiger partial charge in [0.15, 0.2) is 11.3 Å². The Morgan fingerprint density at radius 3 is 2.86 bits per heavy atom. The van der Waals surface area contributed by atoms with Gasteiger partial charge in [0.1, 0.15) is 0 Å². The van der Waals surface area contributed by atoms with Crippen molar-refractivity contribution in [3.63, 3.8) is 0 Å². The second-order valence-corrected chi connectivity index (χ2v) is 2.90. The predicted molar refractivity (Wildman–Crippen MR) is 56.8 cm³/mol. The number of furan rings is 1. The molecule has 0 atom stereocenters. The van der Waals surface area contributed by atoms with E-state index < -0.39 is 7.12 Å². The molecule has 0 fully saturated rings. The number of para-hydroxylation sites is 1. The fourth-order valence-corrected chi connectivity index (χ4v) is 1.41. The molecular formula is C9H13BO4.